The summed E-state index contributed by atoms with van der Waals surface area (Å²) in [7, 11) is -3.90. The van der Waals surface area contributed by atoms with E-state index in [2.05, 4.69) is 6.58 Å². The maximum Gasteiger partial charge on any atom is 0.477 e. The minimum absolute atomic E-state index is 0.0297. The van der Waals surface area contributed by atoms with E-state index in [4.69, 9.17) is 60.0 Å². The van der Waals surface area contributed by atoms with Crippen LogP contribution in [0.2, 0.25) is 0 Å². The first-order valence-corrected chi connectivity index (χ1v) is 8.27. The largest absolute Gasteiger partial charge is 0.477 e. The molecule has 0 aliphatic carbocycles. The third-order valence-electron chi connectivity index (χ3n) is 1.41. The van der Waals surface area contributed by atoms with Gasteiger partial charge in [-0.3, -0.25) is 9.05 Å². The van der Waals surface area contributed by atoms with E-state index < -0.39 is 12.3 Å². The molecule has 0 saturated carbocycles. The Bertz CT molecular complexity index is 299. The fourth-order valence-electron chi connectivity index (χ4n) is 0.930. The lowest BCUT2D eigenvalue weighted by atomic mass is 10.3. The van der Waals surface area contributed by atoms with Crippen LogP contribution < -0.4 is 0 Å². The Hall–Kier alpha value is 1.01. The van der Waals surface area contributed by atoms with Gasteiger partial charge in [0.2, 0.25) is 4.52 Å². The van der Waals surface area contributed by atoms with Crippen molar-refractivity contribution < 1.29 is 18.1 Å². The zero-order valence-electron chi connectivity index (χ0n) is 9.83. The molecule has 0 bridgehead atoms. The van der Waals surface area contributed by atoms with Crippen molar-refractivity contribution in [2.75, 3.05) is 25.0 Å². The van der Waals surface area contributed by atoms with Crippen LogP contribution in [0.1, 0.15) is 13.3 Å². The molecule has 0 aliphatic heterocycles. The van der Waals surface area contributed by atoms with Gasteiger partial charge in [0.1, 0.15) is 0 Å². The molecule has 0 radical (unpaired) electrons. The van der Waals surface area contributed by atoms with Gasteiger partial charge in [0.05, 0.1) is 13.2 Å². The number of phosphoric acid groups is 1. The lowest BCUT2D eigenvalue weighted by molar-refractivity contribution is 0.0982. The first-order chi connectivity index (χ1) is 8.24. The first kappa shape index (κ1) is 19.0. The molecule has 0 fully saturated rings. The van der Waals surface area contributed by atoms with Crippen LogP contribution in [0, 0.1) is 0 Å². The summed E-state index contributed by atoms with van der Waals surface area (Å²) in [5.74, 6) is 0.241. The molecule has 0 aromatic carbocycles. The maximum atomic E-state index is 12.1. The molecular weight excluding hydrogens is 345 g/mol. The van der Waals surface area contributed by atoms with Crippen molar-refractivity contribution in [2.24, 2.45) is 0 Å². The molecule has 0 unspecified atom stereocenters. The van der Waals surface area contributed by atoms with Crippen LogP contribution in [0.15, 0.2) is 12.2 Å². The van der Waals surface area contributed by atoms with Crippen molar-refractivity contribution >= 4 is 54.2 Å². The summed E-state index contributed by atoms with van der Waals surface area (Å²) in [5.41, 5.74) is 0.654. The summed E-state index contributed by atoms with van der Waals surface area (Å²) in [6, 6.07) is 0. The molecule has 9 heteroatoms. The Morgan fingerprint density at radius 2 is 1.67 bits per heavy atom. The molecule has 4 nitrogen and oxygen atoms in total. The van der Waals surface area contributed by atoms with Gasteiger partial charge in [-0.15, -0.1) is 23.2 Å². The van der Waals surface area contributed by atoms with Gasteiger partial charge in [0, 0.05) is 18.2 Å². The lowest BCUT2D eigenvalue weighted by Crippen LogP contribution is -2.19. The van der Waals surface area contributed by atoms with Gasteiger partial charge in [-0.25, -0.2) is 9.09 Å². The van der Waals surface area contributed by atoms with Crippen LogP contribution in [0.4, 0.5) is 0 Å². The Balaban J connectivity index is 4.65. The molecule has 0 N–H and O–H groups in total. The average Bonchev–Trinajstić information content (AvgIpc) is 2.21. The molecule has 0 heterocycles. The minimum atomic E-state index is -3.90. The SMILES string of the molecule is C=C(C)CC(Cl)(Cl)OP(=O)(OCCCl)OCCCl. The molecule has 0 saturated heterocycles. The van der Waals surface area contributed by atoms with Crippen molar-refractivity contribution in [2.45, 2.75) is 17.9 Å². The van der Waals surface area contributed by atoms with E-state index in [0.29, 0.717) is 5.57 Å². The average molecular weight is 360 g/mol. The second-order valence-electron chi connectivity index (χ2n) is 3.35. The van der Waals surface area contributed by atoms with Crippen LogP contribution in [0.3, 0.4) is 0 Å². The van der Waals surface area contributed by atoms with Crippen LogP contribution in [0.5, 0.6) is 0 Å². The quantitative estimate of drug-likeness (QED) is 0.321. The fourth-order valence-corrected chi connectivity index (χ4v) is 3.46. The lowest BCUT2D eigenvalue weighted by Gasteiger charge is -2.25. The molecule has 0 spiro atoms. The van der Waals surface area contributed by atoms with Crippen molar-refractivity contribution in [1.82, 2.24) is 0 Å². The summed E-state index contributed by atoms with van der Waals surface area (Å²) in [5, 5.41) is 0. The summed E-state index contributed by atoms with van der Waals surface area (Å²) >= 11 is 22.6. The van der Waals surface area contributed by atoms with Crippen molar-refractivity contribution in [3.05, 3.63) is 12.2 Å². The van der Waals surface area contributed by atoms with Crippen molar-refractivity contribution in [3.63, 3.8) is 0 Å². The van der Waals surface area contributed by atoms with Gasteiger partial charge < -0.3 is 0 Å². The molecule has 0 aromatic heterocycles. The zero-order valence-corrected chi connectivity index (χ0v) is 13.8. The third-order valence-corrected chi connectivity index (χ3v) is 3.88. The van der Waals surface area contributed by atoms with Gasteiger partial charge in [-0.2, -0.15) is 0 Å². The van der Waals surface area contributed by atoms with Gasteiger partial charge in [0.15, 0.2) is 0 Å². The molecule has 18 heavy (non-hydrogen) atoms. The predicted molar refractivity (Wildman–Crippen MR) is 75.9 cm³/mol. The van der Waals surface area contributed by atoms with Crippen LogP contribution >= 0.6 is 54.2 Å². The standard InChI is InChI=1S/C9H15Cl4O4P/c1-8(2)7-9(12,13)17-18(14,15-5-3-10)16-6-4-11/h1,3-7H2,2H3. The Morgan fingerprint density at radius 3 is 2.00 bits per heavy atom. The number of alkyl halides is 4. The molecule has 0 rings (SSSR count). The third kappa shape index (κ3) is 9.00. The molecule has 0 aliphatic rings. The van der Waals surface area contributed by atoms with Crippen LogP contribution in [-0.4, -0.2) is 29.5 Å². The highest BCUT2D eigenvalue weighted by Gasteiger charge is 2.38. The Morgan fingerprint density at radius 1 is 1.22 bits per heavy atom. The van der Waals surface area contributed by atoms with E-state index in [1.807, 2.05) is 0 Å². The van der Waals surface area contributed by atoms with Crippen molar-refractivity contribution in [1.29, 1.82) is 0 Å². The van der Waals surface area contributed by atoms with Gasteiger partial charge in [-0.1, -0.05) is 35.4 Å². The van der Waals surface area contributed by atoms with Gasteiger partial charge in [0.25, 0.3) is 0 Å². The Labute approximate surface area is 127 Å². The number of hydrogen-bond donors (Lipinski definition) is 0. The minimum Gasteiger partial charge on any atom is -0.286 e. The molecular formula is C9H15Cl4O4P. The normalized spacial score (nSPS) is 12.7. The number of rotatable bonds is 10. The van der Waals surface area contributed by atoms with E-state index >= 15 is 0 Å². The summed E-state index contributed by atoms with van der Waals surface area (Å²) in [4.78, 5) is 0. The monoisotopic (exact) mass is 358 g/mol. The van der Waals surface area contributed by atoms with E-state index in [1.54, 1.807) is 6.92 Å². The molecule has 0 amide bonds. The van der Waals surface area contributed by atoms with Crippen LogP contribution in [0.25, 0.3) is 0 Å². The van der Waals surface area contributed by atoms with Gasteiger partial charge >= 0.3 is 7.82 Å². The second-order valence-corrected chi connectivity index (χ2v) is 7.12. The molecule has 108 valence electrons. The topological polar surface area (TPSA) is 44.8 Å². The van der Waals surface area contributed by atoms with Crippen molar-refractivity contribution in [3.8, 4) is 0 Å². The molecule has 0 aromatic rings. The van der Waals surface area contributed by atoms with Gasteiger partial charge in [-0.05, 0) is 6.92 Å². The predicted octanol–water partition coefficient (Wildman–Crippen LogP) is 4.72. The fraction of sp³-hybridized carbons (Fsp3) is 0.778. The van der Waals surface area contributed by atoms with E-state index in [0.717, 1.165) is 0 Å². The van der Waals surface area contributed by atoms with Crippen LogP contribution in [-0.2, 0) is 18.1 Å². The summed E-state index contributed by atoms with van der Waals surface area (Å²) in [6.45, 7) is 5.27. The second kappa shape index (κ2) is 9.04. The highest BCUT2D eigenvalue weighted by atomic mass is 35.5. The maximum absolute atomic E-state index is 12.1. The smallest absolute Gasteiger partial charge is 0.286 e. The van der Waals surface area contributed by atoms with E-state index in [1.165, 1.54) is 0 Å². The Kier molecular flexibility index (Phi) is 9.55. The summed E-state index contributed by atoms with van der Waals surface area (Å²) in [6.07, 6.45) is 0.0779. The highest BCUT2D eigenvalue weighted by Crippen LogP contribution is 2.55. The summed E-state index contributed by atoms with van der Waals surface area (Å²) < 4.78 is 25.2. The number of halogens is 4. The first-order valence-electron chi connectivity index (χ1n) is 4.98. The zero-order chi connectivity index (χ0) is 14.2. The molecule has 0 atom stereocenters. The highest BCUT2D eigenvalue weighted by molar-refractivity contribution is 7.48. The number of phosphoric ester groups is 1. The number of hydrogen-bond acceptors (Lipinski definition) is 4. The van der Waals surface area contributed by atoms with E-state index in [9.17, 15) is 4.57 Å². The van der Waals surface area contributed by atoms with E-state index in [-0.39, 0.29) is 31.4 Å².